The van der Waals surface area contributed by atoms with Crippen LogP contribution in [0.5, 0.6) is 0 Å². The van der Waals surface area contributed by atoms with E-state index in [1.807, 2.05) is 37.7 Å². The van der Waals surface area contributed by atoms with E-state index in [1.54, 1.807) is 78.9 Å². The molecule has 4 heterocycles. The lowest BCUT2D eigenvalue weighted by Crippen LogP contribution is -2.61. The molecule has 20 atom stereocenters. The third kappa shape index (κ3) is 14.4. The summed E-state index contributed by atoms with van der Waals surface area (Å²) in [5, 5.41) is 71.5. The number of likely N-dealkylation sites (N-methyl/N-ethyl adjacent to an activating group) is 2. The van der Waals surface area contributed by atoms with Gasteiger partial charge in [-0.3, -0.25) is 9.59 Å². The Hall–Kier alpha value is -3.29. The van der Waals surface area contributed by atoms with Crippen molar-refractivity contribution in [1.29, 1.82) is 0 Å². The quantitative estimate of drug-likeness (QED) is 0.123. The Morgan fingerprint density at radius 2 is 1.66 bits per heavy atom. The number of amides is 1. The van der Waals surface area contributed by atoms with Gasteiger partial charge in [0, 0.05) is 76.0 Å². The molecule has 1 saturated carbocycles. The topological polar surface area (TPSA) is 249 Å². The van der Waals surface area contributed by atoms with Crippen LogP contribution in [0.15, 0.2) is 30.5 Å². The first-order valence-corrected chi connectivity index (χ1v) is 27.4. The van der Waals surface area contributed by atoms with Gasteiger partial charge >= 0.3 is 5.97 Å². The maximum absolute atomic E-state index is 14.9. The zero-order chi connectivity index (χ0) is 56.2. The molecular weight excluding hydrogens is 988 g/mol. The number of nitrogens with one attached hydrogen (secondary N) is 1. The third-order valence-corrected chi connectivity index (χ3v) is 16.9. The number of ether oxygens (including phenoxy) is 7. The molecular formula is C55H91FN6O14. The lowest BCUT2D eigenvalue weighted by Gasteiger charge is -2.49. The summed E-state index contributed by atoms with van der Waals surface area (Å²) < 4.78 is 60.4. The number of rotatable bonds is 17. The monoisotopic (exact) mass is 1080 g/mol. The van der Waals surface area contributed by atoms with E-state index in [-0.39, 0.29) is 37.1 Å². The first kappa shape index (κ1) is 61.9. The van der Waals surface area contributed by atoms with Gasteiger partial charge in [-0.25, -0.2) is 9.07 Å². The van der Waals surface area contributed by atoms with Crippen LogP contribution in [0.3, 0.4) is 0 Å². The van der Waals surface area contributed by atoms with Crippen LogP contribution in [0.4, 0.5) is 4.39 Å². The van der Waals surface area contributed by atoms with Gasteiger partial charge in [0.2, 0.25) is 0 Å². The normalized spacial score (nSPS) is 39.4. The number of alkyl halides is 1. The number of methoxy groups -OCH3 is 2. The number of nitrogens with zero attached hydrogens (tertiary/aromatic N) is 5. The number of carbonyl (C=O) groups excluding carboxylic acids is 2. The van der Waals surface area contributed by atoms with Gasteiger partial charge in [-0.05, 0) is 118 Å². The van der Waals surface area contributed by atoms with Crippen molar-refractivity contribution in [2.24, 2.45) is 17.8 Å². The number of halogens is 1. The highest BCUT2D eigenvalue weighted by Crippen LogP contribution is 2.41. The van der Waals surface area contributed by atoms with Crippen LogP contribution in [0, 0.1) is 17.8 Å². The Morgan fingerprint density at radius 3 is 2.26 bits per heavy atom. The predicted molar refractivity (Wildman–Crippen MR) is 279 cm³/mol. The number of aliphatic hydroxyl groups is 5. The van der Waals surface area contributed by atoms with Gasteiger partial charge in [-0.2, -0.15) is 0 Å². The average Bonchev–Trinajstić information content (AvgIpc) is 4.08. The Labute approximate surface area is 449 Å². The van der Waals surface area contributed by atoms with Crippen LogP contribution in [-0.4, -0.2) is 207 Å². The highest BCUT2D eigenvalue weighted by atomic mass is 19.1. The number of hydrogen-bond donors (Lipinski definition) is 6. The van der Waals surface area contributed by atoms with Gasteiger partial charge in [0.05, 0.1) is 47.2 Å². The number of aliphatic hydroxyl groups excluding tert-OH is 3. The molecule has 6 N–H and O–H groups in total. The maximum Gasteiger partial charge on any atom is 0.311 e. The minimum absolute atomic E-state index is 0.0784. The Kier molecular flexibility index (Phi) is 21.1. The van der Waals surface area contributed by atoms with Gasteiger partial charge in [0.15, 0.2) is 12.6 Å². The van der Waals surface area contributed by atoms with Crippen molar-refractivity contribution < 1.29 is 72.7 Å². The minimum atomic E-state index is -1.86. The molecule has 6 rings (SSSR count). The van der Waals surface area contributed by atoms with Crippen molar-refractivity contribution in [2.75, 3.05) is 48.1 Å². The Balaban J connectivity index is 1.25. The average molecular weight is 1080 g/mol. The molecule has 4 aliphatic rings. The van der Waals surface area contributed by atoms with Gasteiger partial charge in [-0.1, -0.05) is 38.1 Å². The predicted octanol–water partition coefficient (Wildman–Crippen LogP) is 3.90. The number of benzene rings is 1. The van der Waals surface area contributed by atoms with Crippen LogP contribution in [0.1, 0.15) is 142 Å². The van der Waals surface area contributed by atoms with Crippen LogP contribution in [0.25, 0.3) is 0 Å². The van der Waals surface area contributed by atoms with Crippen molar-refractivity contribution in [3.05, 3.63) is 47.3 Å². The summed E-state index contributed by atoms with van der Waals surface area (Å²) in [6, 6.07) is 5.20. The summed E-state index contributed by atoms with van der Waals surface area (Å²) in [4.78, 5) is 31.0. The molecule has 2 aromatic rings. The number of hydrogen-bond acceptors (Lipinski definition) is 18. The second kappa shape index (κ2) is 25.9. The van der Waals surface area contributed by atoms with Crippen molar-refractivity contribution >= 4 is 11.9 Å². The SMILES string of the molecule is CC[C@H]1OC(=O)[C@H](C)[C@@H](O[C@H]2C[C@@](C)(OC)[C@@H](O)[C@H](C)O2)[C@H](C)[C@@H](O[C@@H]2O[C@H](C)C[C@H](N(C)CCc3cn([C@H](CF)[C@H](OC)c4ccc(C(=O)NC5CC5)cc4)nn3)[C@H]2O)[C@](C)(O)C[C@@H](C)CN(C)[C@H](C)[C@@H](O)[C@]1(C)O. The van der Waals surface area contributed by atoms with Crippen molar-refractivity contribution in [1.82, 2.24) is 30.1 Å². The van der Waals surface area contributed by atoms with E-state index >= 15 is 0 Å². The standard InChI is InChI=1S/C55H91FN6O14/c1-15-42-55(10,69)47(64)34(6)61(12)28-30(2)25-53(8,68)49(32(4)45(33(5)51(67)74-42)75-43-26-54(9,71-14)48(65)35(7)73-43)76-52-44(63)40(24-31(3)72-52)60(11)23-22-39-29-62(59-58-39)41(27-56)46(70-13)36-16-18-37(19-17-36)50(66)57-38-20-21-38/h16-19,29-35,38,40-49,52,63-65,68-69H,15,20-28H2,1-14H3,(H,57,66)/t30-,31-,32+,33-,34-,35+,40+,41-,42-,43+,44-,45+,46-,47-,48+,49-,52+,53-,54-,55-/m1/s1. The van der Waals surface area contributed by atoms with E-state index in [0.29, 0.717) is 42.8 Å². The summed E-state index contributed by atoms with van der Waals surface area (Å²) in [6.45, 7) is 17.4. The van der Waals surface area contributed by atoms with E-state index < -0.39 is 127 Å². The molecule has 21 heteroatoms. The first-order valence-electron chi connectivity index (χ1n) is 27.4. The largest absolute Gasteiger partial charge is 0.459 e. The Morgan fingerprint density at radius 1 is 0.987 bits per heavy atom. The molecule has 0 unspecified atom stereocenters. The molecule has 4 fully saturated rings. The number of carbonyl (C=O) groups is 2. The number of esters is 1. The Bertz CT molecular complexity index is 2170. The summed E-state index contributed by atoms with van der Waals surface area (Å²) >= 11 is 0. The van der Waals surface area contributed by atoms with Gasteiger partial charge in [0.1, 0.15) is 48.8 Å². The molecule has 0 radical (unpaired) electrons. The van der Waals surface area contributed by atoms with E-state index in [9.17, 15) is 39.5 Å². The molecule has 20 nitrogen and oxygen atoms in total. The van der Waals surface area contributed by atoms with E-state index in [2.05, 4.69) is 15.6 Å². The molecule has 3 saturated heterocycles. The third-order valence-electron chi connectivity index (χ3n) is 16.9. The molecule has 0 bridgehead atoms. The van der Waals surface area contributed by atoms with Crippen LogP contribution in [0.2, 0.25) is 0 Å². The lowest BCUT2D eigenvalue weighted by atomic mass is 9.77. The van der Waals surface area contributed by atoms with E-state index in [4.69, 9.17) is 33.2 Å². The van der Waals surface area contributed by atoms with Crippen molar-refractivity contribution in [3.8, 4) is 0 Å². The van der Waals surface area contributed by atoms with Crippen molar-refractivity contribution in [2.45, 2.75) is 223 Å². The maximum atomic E-state index is 14.9. The fourth-order valence-corrected chi connectivity index (χ4v) is 11.8. The molecule has 1 aromatic carbocycles. The van der Waals surface area contributed by atoms with E-state index in [0.717, 1.165) is 12.8 Å². The molecule has 432 valence electrons. The molecule has 1 aromatic heterocycles. The van der Waals surface area contributed by atoms with E-state index in [1.165, 1.54) is 25.8 Å². The molecule has 76 heavy (non-hydrogen) atoms. The van der Waals surface area contributed by atoms with Crippen LogP contribution < -0.4 is 5.32 Å². The molecule has 1 amide bonds. The smallest absolute Gasteiger partial charge is 0.311 e. The molecule has 3 aliphatic heterocycles. The fourth-order valence-electron chi connectivity index (χ4n) is 11.8. The summed E-state index contributed by atoms with van der Waals surface area (Å²) in [5.41, 5.74) is -2.84. The summed E-state index contributed by atoms with van der Waals surface area (Å²) in [7, 11) is 6.69. The first-order chi connectivity index (χ1) is 35.7. The van der Waals surface area contributed by atoms with Crippen LogP contribution >= 0.6 is 0 Å². The van der Waals surface area contributed by atoms with Gasteiger partial charge in [-0.15, -0.1) is 5.10 Å². The highest BCUT2D eigenvalue weighted by molar-refractivity contribution is 5.94. The zero-order valence-electron chi connectivity index (χ0n) is 47.4. The number of cyclic esters (lactones) is 1. The fraction of sp³-hybridized carbons (Fsp3) is 0.818. The van der Waals surface area contributed by atoms with Crippen molar-refractivity contribution in [3.63, 3.8) is 0 Å². The minimum Gasteiger partial charge on any atom is -0.459 e. The second-order valence-electron chi connectivity index (χ2n) is 23.4. The summed E-state index contributed by atoms with van der Waals surface area (Å²) in [5.74, 6) is -3.05. The lowest BCUT2D eigenvalue weighted by molar-refractivity contribution is -0.318. The highest BCUT2D eigenvalue weighted by Gasteiger charge is 2.53. The molecule has 0 spiro atoms. The summed E-state index contributed by atoms with van der Waals surface area (Å²) in [6.07, 6.45) is -6.27. The number of aromatic nitrogens is 3. The van der Waals surface area contributed by atoms with Gasteiger partial charge in [0.25, 0.3) is 5.91 Å². The second-order valence-corrected chi connectivity index (χ2v) is 23.4. The molecule has 1 aliphatic carbocycles. The zero-order valence-corrected chi connectivity index (χ0v) is 47.4. The van der Waals surface area contributed by atoms with Gasteiger partial charge < -0.3 is 73.8 Å². The van der Waals surface area contributed by atoms with Crippen LogP contribution in [-0.2, 0) is 44.4 Å².